The van der Waals surface area contributed by atoms with Crippen LogP contribution in [0, 0.1) is 0 Å². The lowest BCUT2D eigenvalue weighted by atomic mass is 10.2. The molecular weight excluding hydrogens is 458 g/mol. The van der Waals surface area contributed by atoms with E-state index in [2.05, 4.69) is 26.3 Å². The molecule has 182 valence electrons. The van der Waals surface area contributed by atoms with Crippen molar-refractivity contribution in [2.75, 3.05) is 18.6 Å². The first-order valence-corrected chi connectivity index (χ1v) is 11.5. The van der Waals surface area contributed by atoms with E-state index < -0.39 is 6.09 Å². The predicted octanol–water partition coefficient (Wildman–Crippen LogP) is 4.44. The van der Waals surface area contributed by atoms with Crippen molar-refractivity contribution in [3.63, 3.8) is 0 Å². The quantitative estimate of drug-likeness (QED) is 0.393. The number of ether oxygens (including phenoxy) is 3. The zero-order valence-electron chi connectivity index (χ0n) is 19.8. The van der Waals surface area contributed by atoms with Gasteiger partial charge in [-0.05, 0) is 47.9 Å². The highest BCUT2D eigenvalue weighted by atomic mass is 16.6. The number of nitrogens with zero attached hydrogens (tertiary/aromatic N) is 4. The molecule has 1 N–H and O–H groups in total. The number of aromatic nitrogens is 3. The van der Waals surface area contributed by atoms with E-state index in [0.717, 1.165) is 30.0 Å². The number of carbonyl (C=O) groups excluding carboxylic acids is 1. The maximum Gasteiger partial charge on any atom is 0.413 e. The first-order valence-electron chi connectivity index (χ1n) is 11.5. The summed E-state index contributed by atoms with van der Waals surface area (Å²) in [5.74, 6) is 1.53. The summed E-state index contributed by atoms with van der Waals surface area (Å²) >= 11 is 0. The Morgan fingerprint density at radius 3 is 2.67 bits per heavy atom. The summed E-state index contributed by atoms with van der Waals surface area (Å²) in [4.78, 5) is 27.8. The van der Waals surface area contributed by atoms with E-state index in [1.165, 1.54) is 11.8 Å². The Hall–Kier alpha value is -4.66. The van der Waals surface area contributed by atoms with Crippen LogP contribution in [0.25, 0.3) is 0 Å². The summed E-state index contributed by atoms with van der Waals surface area (Å²) in [6, 6.07) is 21.1. The molecule has 0 fully saturated rings. The molecule has 0 radical (unpaired) electrons. The lowest BCUT2D eigenvalue weighted by molar-refractivity contribution is 0.194. The smallest absolute Gasteiger partial charge is 0.413 e. The fourth-order valence-corrected chi connectivity index (χ4v) is 3.87. The van der Waals surface area contributed by atoms with Gasteiger partial charge in [0.05, 0.1) is 25.5 Å². The molecule has 1 aliphatic rings. The van der Waals surface area contributed by atoms with Crippen LogP contribution in [0.3, 0.4) is 0 Å². The van der Waals surface area contributed by atoms with E-state index in [-0.39, 0.29) is 24.8 Å². The molecular formula is C27H25N5O4. The van der Waals surface area contributed by atoms with Crippen LogP contribution in [0.15, 0.2) is 79.1 Å². The fraction of sp³-hybridized carbons (Fsp3) is 0.185. The van der Waals surface area contributed by atoms with Gasteiger partial charge in [0.2, 0.25) is 11.7 Å². The van der Waals surface area contributed by atoms with Crippen molar-refractivity contribution in [2.24, 2.45) is 0 Å². The molecule has 0 spiro atoms. The Bertz CT molecular complexity index is 1330. The molecule has 3 heterocycles. The Kier molecular flexibility index (Phi) is 6.88. The number of hydrogen-bond acceptors (Lipinski definition) is 8. The Labute approximate surface area is 208 Å². The average Bonchev–Trinajstić information content (AvgIpc) is 3.36. The van der Waals surface area contributed by atoms with E-state index in [0.29, 0.717) is 11.6 Å². The van der Waals surface area contributed by atoms with Crippen molar-refractivity contribution >= 4 is 17.7 Å². The summed E-state index contributed by atoms with van der Waals surface area (Å²) in [6.45, 7) is 1.20. The number of nitrogens with one attached hydrogen (secondary N) is 1. The maximum atomic E-state index is 12.5. The molecule has 2 aromatic heterocycles. The molecule has 5 rings (SSSR count). The van der Waals surface area contributed by atoms with Gasteiger partial charge in [0.15, 0.2) is 0 Å². The standard InChI is InChI=1S/C27H25N5O4/c1-34-22-11-9-19(10-12-22)18-35-25-24(36-27(33)30-16-21-7-4-5-14-28-21)17-29-26(31-25)32-15-13-20-6-2-3-8-23(20)32/h2-12,14,17H,13,15-16,18H2,1H3,(H,30,33). The fourth-order valence-electron chi connectivity index (χ4n) is 3.87. The lowest BCUT2D eigenvalue weighted by Crippen LogP contribution is -2.27. The van der Waals surface area contributed by atoms with Gasteiger partial charge in [-0.3, -0.25) is 4.98 Å². The molecule has 0 saturated carbocycles. The first kappa shape index (κ1) is 23.1. The highest BCUT2D eigenvalue weighted by Crippen LogP contribution is 2.35. The molecule has 0 unspecified atom stereocenters. The topological polar surface area (TPSA) is 98.7 Å². The van der Waals surface area contributed by atoms with Gasteiger partial charge in [-0.15, -0.1) is 0 Å². The maximum absolute atomic E-state index is 12.5. The second-order valence-corrected chi connectivity index (χ2v) is 8.07. The van der Waals surface area contributed by atoms with E-state index in [9.17, 15) is 4.79 Å². The van der Waals surface area contributed by atoms with Gasteiger partial charge in [-0.25, -0.2) is 9.78 Å². The number of carbonyl (C=O) groups is 1. The van der Waals surface area contributed by atoms with Crippen LogP contribution in [0.1, 0.15) is 16.8 Å². The number of benzene rings is 2. The number of fused-ring (bicyclic) bond motifs is 1. The third kappa shape index (κ3) is 5.35. The molecule has 0 bridgehead atoms. The van der Waals surface area contributed by atoms with Crippen molar-refractivity contribution in [2.45, 2.75) is 19.6 Å². The van der Waals surface area contributed by atoms with Gasteiger partial charge < -0.3 is 24.4 Å². The van der Waals surface area contributed by atoms with Crippen LogP contribution in [0.5, 0.6) is 17.4 Å². The first-order chi connectivity index (χ1) is 17.7. The monoisotopic (exact) mass is 483 g/mol. The summed E-state index contributed by atoms with van der Waals surface area (Å²) in [5, 5.41) is 2.68. The molecule has 4 aromatic rings. The van der Waals surface area contributed by atoms with Crippen molar-refractivity contribution in [1.82, 2.24) is 20.3 Å². The second kappa shape index (κ2) is 10.7. The van der Waals surface area contributed by atoms with E-state index in [1.54, 1.807) is 13.3 Å². The van der Waals surface area contributed by atoms with Gasteiger partial charge in [-0.1, -0.05) is 36.4 Å². The molecule has 0 atom stereocenters. The number of anilines is 2. The van der Waals surface area contributed by atoms with Crippen molar-refractivity contribution in [1.29, 1.82) is 0 Å². The minimum absolute atomic E-state index is 0.123. The van der Waals surface area contributed by atoms with Gasteiger partial charge >= 0.3 is 6.09 Å². The zero-order valence-corrected chi connectivity index (χ0v) is 19.8. The van der Waals surface area contributed by atoms with Crippen LogP contribution >= 0.6 is 0 Å². The molecule has 9 heteroatoms. The minimum Gasteiger partial charge on any atom is -0.497 e. The Balaban J connectivity index is 1.35. The van der Waals surface area contributed by atoms with Crippen molar-refractivity contribution in [3.05, 3.63) is 95.9 Å². The average molecular weight is 484 g/mol. The third-order valence-electron chi connectivity index (χ3n) is 5.72. The summed E-state index contributed by atoms with van der Waals surface area (Å²) in [5.41, 5.74) is 3.91. The number of methoxy groups -OCH3 is 1. The highest BCUT2D eigenvalue weighted by molar-refractivity contribution is 5.71. The summed E-state index contributed by atoms with van der Waals surface area (Å²) < 4.78 is 16.7. The van der Waals surface area contributed by atoms with Crippen molar-refractivity contribution < 1.29 is 19.0 Å². The molecule has 2 aromatic carbocycles. The Morgan fingerprint density at radius 1 is 1.03 bits per heavy atom. The lowest BCUT2D eigenvalue weighted by Gasteiger charge is -2.19. The normalized spacial score (nSPS) is 12.1. The summed E-state index contributed by atoms with van der Waals surface area (Å²) in [6.07, 6.45) is 3.37. The van der Waals surface area contributed by atoms with Crippen LogP contribution in [-0.2, 0) is 19.6 Å². The molecule has 1 amide bonds. The number of hydrogen-bond donors (Lipinski definition) is 1. The molecule has 0 saturated heterocycles. The molecule has 9 nitrogen and oxygen atoms in total. The number of amides is 1. The predicted molar refractivity (Wildman–Crippen MR) is 134 cm³/mol. The Morgan fingerprint density at radius 2 is 1.86 bits per heavy atom. The van der Waals surface area contributed by atoms with Gasteiger partial charge in [0, 0.05) is 18.4 Å². The molecule has 36 heavy (non-hydrogen) atoms. The van der Waals surface area contributed by atoms with Gasteiger partial charge in [-0.2, -0.15) is 4.98 Å². The van der Waals surface area contributed by atoms with Crippen LogP contribution < -0.4 is 24.4 Å². The van der Waals surface area contributed by atoms with Crippen molar-refractivity contribution in [3.8, 4) is 17.4 Å². The minimum atomic E-state index is -0.655. The van der Waals surface area contributed by atoms with E-state index in [4.69, 9.17) is 14.2 Å². The number of rotatable bonds is 8. The SMILES string of the molecule is COc1ccc(COc2nc(N3CCc4ccccc43)ncc2OC(=O)NCc2ccccn2)cc1. The molecule has 0 aliphatic carbocycles. The van der Waals surface area contributed by atoms with Crippen LogP contribution in [0.2, 0.25) is 0 Å². The number of para-hydroxylation sites is 1. The van der Waals surface area contributed by atoms with E-state index >= 15 is 0 Å². The zero-order chi connectivity index (χ0) is 24.7. The third-order valence-corrected chi connectivity index (χ3v) is 5.72. The van der Waals surface area contributed by atoms with E-state index in [1.807, 2.05) is 65.6 Å². The number of pyridine rings is 1. The van der Waals surface area contributed by atoms with Crippen LogP contribution in [0.4, 0.5) is 16.4 Å². The highest BCUT2D eigenvalue weighted by Gasteiger charge is 2.24. The van der Waals surface area contributed by atoms with Gasteiger partial charge in [0.25, 0.3) is 5.88 Å². The second-order valence-electron chi connectivity index (χ2n) is 8.07. The molecule has 1 aliphatic heterocycles. The van der Waals surface area contributed by atoms with Gasteiger partial charge in [0.1, 0.15) is 12.4 Å². The summed E-state index contributed by atoms with van der Waals surface area (Å²) in [7, 11) is 1.62. The van der Waals surface area contributed by atoms with Crippen LogP contribution in [-0.4, -0.2) is 34.7 Å². The largest absolute Gasteiger partial charge is 0.497 e.